The fraction of sp³-hybridized carbons (Fsp3) is 0.231. The third-order valence-corrected chi connectivity index (χ3v) is 2.68. The minimum Gasteiger partial charge on any atom is -0.370 e. The molecule has 1 nitrogen and oxygen atoms in total. The highest BCUT2D eigenvalue weighted by Gasteiger charge is 2.33. The summed E-state index contributed by atoms with van der Waals surface area (Å²) in [7, 11) is 0. The Hall–Kier alpha value is -1.52. The third-order valence-electron chi connectivity index (χ3n) is 2.68. The van der Waals surface area contributed by atoms with Crippen molar-refractivity contribution in [1.82, 2.24) is 0 Å². The molecule has 2 aliphatic rings. The largest absolute Gasteiger partial charge is 0.370 e. The van der Waals surface area contributed by atoms with Gasteiger partial charge in [0.05, 0.1) is 0 Å². The van der Waals surface area contributed by atoms with Crippen LogP contribution in [0.25, 0.3) is 0 Å². The van der Waals surface area contributed by atoms with Crippen LogP contribution in [0.4, 0.5) is 0 Å². The fourth-order valence-electron chi connectivity index (χ4n) is 1.82. The molecular weight excluding hydrogens is 172 g/mol. The lowest BCUT2D eigenvalue weighted by Crippen LogP contribution is -2.30. The maximum atomic E-state index is 10.4. The van der Waals surface area contributed by atoms with E-state index in [4.69, 9.17) is 6.42 Å². The first-order valence-corrected chi connectivity index (χ1v) is 4.70. The van der Waals surface area contributed by atoms with E-state index >= 15 is 0 Å². The van der Waals surface area contributed by atoms with Crippen molar-refractivity contribution < 1.29 is 5.11 Å². The molecule has 2 aliphatic carbocycles. The van der Waals surface area contributed by atoms with Crippen molar-refractivity contribution in [3.05, 3.63) is 47.6 Å². The molecule has 0 atom stereocenters. The van der Waals surface area contributed by atoms with Gasteiger partial charge in [-0.3, -0.25) is 0 Å². The van der Waals surface area contributed by atoms with Gasteiger partial charge in [0.1, 0.15) is 0 Å². The van der Waals surface area contributed by atoms with E-state index in [1.807, 2.05) is 36.5 Å². The maximum absolute atomic E-state index is 10.4. The topological polar surface area (TPSA) is 20.2 Å². The van der Waals surface area contributed by atoms with Gasteiger partial charge in [0, 0.05) is 0 Å². The van der Waals surface area contributed by atoms with Gasteiger partial charge in [-0.25, -0.2) is 0 Å². The Morgan fingerprint density at radius 3 is 1.93 bits per heavy atom. The van der Waals surface area contributed by atoms with Crippen molar-refractivity contribution in [2.75, 3.05) is 0 Å². The van der Waals surface area contributed by atoms with E-state index in [-0.39, 0.29) is 0 Å². The highest BCUT2D eigenvalue weighted by Crippen LogP contribution is 2.34. The second-order valence-electron chi connectivity index (χ2n) is 3.50. The molecule has 70 valence electrons. The molecule has 0 amide bonds. The SMILES string of the molecule is C#CC(O)(C1=CC=CC1)C1=CC=CC1. The van der Waals surface area contributed by atoms with Crippen molar-refractivity contribution in [2.24, 2.45) is 0 Å². The average Bonchev–Trinajstić information content (AvgIpc) is 2.88. The van der Waals surface area contributed by atoms with E-state index in [1.165, 1.54) is 0 Å². The van der Waals surface area contributed by atoms with Gasteiger partial charge in [-0.2, -0.15) is 0 Å². The van der Waals surface area contributed by atoms with Crippen LogP contribution in [0.3, 0.4) is 0 Å². The molecule has 0 spiro atoms. The Labute approximate surface area is 84.1 Å². The van der Waals surface area contributed by atoms with E-state index < -0.39 is 5.60 Å². The number of rotatable bonds is 2. The highest BCUT2D eigenvalue weighted by atomic mass is 16.3. The summed E-state index contributed by atoms with van der Waals surface area (Å²) in [5, 5.41) is 10.4. The fourth-order valence-corrected chi connectivity index (χ4v) is 1.82. The van der Waals surface area contributed by atoms with Crippen molar-refractivity contribution in [2.45, 2.75) is 18.4 Å². The summed E-state index contributed by atoms with van der Waals surface area (Å²) in [5.41, 5.74) is 0.623. The molecule has 0 radical (unpaired) electrons. The van der Waals surface area contributed by atoms with Crippen molar-refractivity contribution in [1.29, 1.82) is 0 Å². The summed E-state index contributed by atoms with van der Waals surface area (Å²) in [6, 6.07) is 0. The lowest BCUT2D eigenvalue weighted by atomic mass is 9.85. The van der Waals surface area contributed by atoms with Gasteiger partial charge in [0.2, 0.25) is 0 Å². The highest BCUT2D eigenvalue weighted by molar-refractivity contribution is 5.49. The quantitative estimate of drug-likeness (QED) is 0.652. The molecule has 0 aromatic carbocycles. The number of terminal acetylenes is 1. The molecule has 0 fully saturated rings. The van der Waals surface area contributed by atoms with Gasteiger partial charge < -0.3 is 5.11 Å². The van der Waals surface area contributed by atoms with Gasteiger partial charge in [-0.15, -0.1) is 6.42 Å². The van der Waals surface area contributed by atoms with Crippen LogP contribution in [0.2, 0.25) is 0 Å². The first-order valence-electron chi connectivity index (χ1n) is 4.70. The zero-order valence-electron chi connectivity index (χ0n) is 7.90. The Bertz CT molecular complexity index is 369. The van der Waals surface area contributed by atoms with Crippen molar-refractivity contribution in [3.63, 3.8) is 0 Å². The normalized spacial score (nSPS) is 19.4. The van der Waals surface area contributed by atoms with Gasteiger partial charge in [0.25, 0.3) is 0 Å². The van der Waals surface area contributed by atoms with Gasteiger partial charge >= 0.3 is 0 Å². The monoisotopic (exact) mass is 184 g/mol. The van der Waals surface area contributed by atoms with Crippen LogP contribution in [0, 0.1) is 12.3 Å². The molecule has 0 heterocycles. The second kappa shape index (κ2) is 3.32. The van der Waals surface area contributed by atoms with Gasteiger partial charge in [-0.1, -0.05) is 42.4 Å². The lowest BCUT2D eigenvalue weighted by Gasteiger charge is -2.25. The van der Waals surface area contributed by atoms with E-state index in [9.17, 15) is 5.11 Å². The number of hydrogen-bond donors (Lipinski definition) is 1. The van der Waals surface area contributed by atoms with Crippen molar-refractivity contribution >= 4 is 0 Å². The zero-order valence-corrected chi connectivity index (χ0v) is 7.90. The molecular formula is C13H12O. The van der Waals surface area contributed by atoms with E-state index in [0.29, 0.717) is 0 Å². The third kappa shape index (κ3) is 1.25. The lowest BCUT2D eigenvalue weighted by molar-refractivity contribution is 0.175. The zero-order chi connectivity index (χ0) is 10.0. The summed E-state index contributed by atoms with van der Waals surface area (Å²) in [6.07, 6.45) is 18.6. The standard InChI is InChI=1S/C13H12O/c1-2-13(14,11-7-3-4-8-11)12-9-5-6-10-12/h1,3-7,9,14H,8,10H2. The van der Waals surface area contributed by atoms with E-state index in [1.54, 1.807) is 0 Å². The van der Waals surface area contributed by atoms with Crippen LogP contribution in [0.15, 0.2) is 47.6 Å². The minimum absolute atomic E-state index is 0.748. The molecule has 0 aliphatic heterocycles. The maximum Gasteiger partial charge on any atom is 0.169 e. The number of allylic oxidation sites excluding steroid dienone is 6. The van der Waals surface area contributed by atoms with Crippen LogP contribution in [-0.4, -0.2) is 10.7 Å². The molecule has 1 N–H and O–H groups in total. The Balaban J connectivity index is 2.31. The smallest absolute Gasteiger partial charge is 0.169 e. The van der Waals surface area contributed by atoms with Crippen LogP contribution >= 0.6 is 0 Å². The molecule has 0 saturated heterocycles. The molecule has 0 aromatic heterocycles. The van der Waals surface area contributed by atoms with E-state index in [0.717, 1.165) is 24.0 Å². The van der Waals surface area contributed by atoms with Crippen LogP contribution in [0.5, 0.6) is 0 Å². The van der Waals surface area contributed by atoms with E-state index in [2.05, 4.69) is 5.92 Å². The average molecular weight is 184 g/mol. The van der Waals surface area contributed by atoms with Crippen molar-refractivity contribution in [3.8, 4) is 12.3 Å². The van der Waals surface area contributed by atoms with Gasteiger partial charge in [-0.05, 0) is 24.0 Å². The van der Waals surface area contributed by atoms with Crippen LogP contribution in [-0.2, 0) is 0 Å². The molecule has 14 heavy (non-hydrogen) atoms. The minimum atomic E-state index is -1.17. The molecule has 0 unspecified atom stereocenters. The summed E-state index contributed by atoms with van der Waals surface area (Å²) < 4.78 is 0. The Morgan fingerprint density at radius 1 is 1.14 bits per heavy atom. The predicted octanol–water partition coefficient (Wildman–Crippen LogP) is 2.12. The Kier molecular flexibility index (Phi) is 2.15. The summed E-state index contributed by atoms with van der Waals surface area (Å²) in [5.74, 6) is 2.50. The number of hydrogen-bond acceptors (Lipinski definition) is 1. The summed E-state index contributed by atoms with van der Waals surface area (Å²) in [6.45, 7) is 0. The van der Waals surface area contributed by atoms with Crippen LogP contribution in [0.1, 0.15) is 12.8 Å². The molecule has 0 bridgehead atoms. The molecule has 0 aromatic rings. The summed E-state index contributed by atoms with van der Waals surface area (Å²) in [4.78, 5) is 0. The van der Waals surface area contributed by atoms with Gasteiger partial charge in [0.15, 0.2) is 5.60 Å². The molecule has 0 saturated carbocycles. The second-order valence-corrected chi connectivity index (χ2v) is 3.50. The summed E-state index contributed by atoms with van der Waals surface area (Å²) >= 11 is 0. The predicted molar refractivity (Wildman–Crippen MR) is 57.5 cm³/mol. The molecule has 2 rings (SSSR count). The number of aliphatic hydroxyl groups is 1. The Morgan fingerprint density at radius 2 is 1.64 bits per heavy atom. The first kappa shape index (κ1) is 9.05. The van der Waals surface area contributed by atoms with Crippen LogP contribution < -0.4 is 0 Å². The molecule has 1 heteroatoms. The first-order chi connectivity index (χ1) is 6.77.